The molecular weight excluding hydrogens is 278 g/mol. The Hall–Kier alpha value is -1.46. The number of hydrogen-bond donors (Lipinski definition) is 3. The maximum absolute atomic E-state index is 13.8. The molecule has 0 aromatic heterocycles. The Kier molecular flexibility index (Phi) is 3.84. The van der Waals surface area contributed by atoms with Crippen molar-refractivity contribution in [2.75, 3.05) is 0 Å². The van der Waals surface area contributed by atoms with Crippen molar-refractivity contribution in [3.05, 3.63) is 11.3 Å². The highest BCUT2D eigenvalue weighted by atomic mass is 19.3. The van der Waals surface area contributed by atoms with Crippen LogP contribution in [0, 0.1) is 10.8 Å². The van der Waals surface area contributed by atoms with Crippen LogP contribution in [-0.4, -0.2) is 28.8 Å². The van der Waals surface area contributed by atoms with Crippen molar-refractivity contribution in [1.29, 1.82) is 5.41 Å². The third-order valence-electron chi connectivity index (χ3n) is 5.14. The molecule has 21 heavy (non-hydrogen) atoms. The van der Waals surface area contributed by atoms with Gasteiger partial charge in [0.05, 0.1) is 11.1 Å². The number of alkyl halides is 2. The van der Waals surface area contributed by atoms with Gasteiger partial charge in [0.25, 0.3) is 5.92 Å². The number of hydrogen-bond acceptors (Lipinski definition) is 3. The van der Waals surface area contributed by atoms with E-state index in [0.29, 0.717) is 38.5 Å². The molecule has 3 N–H and O–H groups in total. The molecule has 0 saturated heterocycles. The first-order valence-electron chi connectivity index (χ1n) is 7.25. The minimum Gasteiger partial charge on any atom is -0.481 e. The molecule has 3 rings (SSSR count). The van der Waals surface area contributed by atoms with Crippen LogP contribution in [0.1, 0.15) is 52.4 Å². The average Bonchev–Trinajstić information content (AvgIpc) is 2.45. The number of aliphatic carboxylic acids is 1. The molecule has 0 aliphatic heterocycles. The number of nitrogens with one attached hydrogen (secondary N) is 2. The number of fused-ring (bicyclic) bond motifs is 3. The van der Waals surface area contributed by atoms with Crippen molar-refractivity contribution in [1.82, 2.24) is 5.32 Å². The molecule has 3 fully saturated rings. The second kappa shape index (κ2) is 5.07. The standard InChI is InChI=1S/C15H22F2N2O2/c1-10(9-18)11(13(2,16)17)19-15-6-3-14(4-7-15,5-8-15)12(20)21/h9,18-19H,3-8H2,1-2H3,(H,20,21)/b11-10-,18-9?. The summed E-state index contributed by atoms with van der Waals surface area (Å²) in [5.74, 6) is -3.79. The van der Waals surface area contributed by atoms with Crippen molar-refractivity contribution in [2.45, 2.75) is 63.8 Å². The molecule has 118 valence electrons. The zero-order valence-electron chi connectivity index (χ0n) is 12.4. The van der Waals surface area contributed by atoms with Crippen molar-refractivity contribution < 1.29 is 18.7 Å². The van der Waals surface area contributed by atoms with E-state index >= 15 is 0 Å². The van der Waals surface area contributed by atoms with Crippen LogP contribution >= 0.6 is 0 Å². The van der Waals surface area contributed by atoms with Gasteiger partial charge in [-0.25, -0.2) is 8.78 Å². The van der Waals surface area contributed by atoms with Gasteiger partial charge in [0.1, 0.15) is 0 Å². The minimum atomic E-state index is -3.03. The van der Waals surface area contributed by atoms with Gasteiger partial charge >= 0.3 is 5.97 Å². The lowest BCUT2D eigenvalue weighted by Crippen LogP contribution is -2.57. The first-order chi connectivity index (χ1) is 9.64. The lowest BCUT2D eigenvalue weighted by Gasteiger charge is -2.52. The Labute approximate surface area is 123 Å². The predicted molar refractivity (Wildman–Crippen MR) is 75.7 cm³/mol. The van der Waals surface area contributed by atoms with Crippen LogP contribution < -0.4 is 5.32 Å². The zero-order valence-corrected chi connectivity index (χ0v) is 12.4. The summed E-state index contributed by atoms with van der Waals surface area (Å²) >= 11 is 0. The Morgan fingerprint density at radius 3 is 2.05 bits per heavy atom. The largest absolute Gasteiger partial charge is 0.481 e. The molecule has 0 aromatic carbocycles. The van der Waals surface area contributed by atoms with Gasteiger partial charge in [-0.2, -0.15) is 0 Å². The van der Waals surface area contributed by atoms with E-state index in [1.54, 1.807) is 0 Å². The van der Waals surface area contributed by atoms with Gasteiger partial charge < -0.3 is 15.8 Å². The summed E-state index contributed by atoms with van der Waals surface area (Å²) in [5.41, 5.74) is -1.09. The molecule has 0 radical (unpaired) electrons. The molecule has 0 heterocycles. The Balaban J connectivity index is 2.22. The van der Waals surface area contributed by atoms with Gasteiger partial charge in [-0.1, -0.05) is 0 Å². The number of carboxylic acid groups (broad SMARTS) is 1. The van der Waals surface area contributed by atoms with E-state index in [4.69, 9.17) is 5.41 Å². The molecule has 0 aromatic rings. The molecule has 3 aliphatic carbocycles. The van der Waals surface area contributed by atoms with Crippen molar-refractivity contribution in [3.63, 3.8) is 0 Å². The first-order valence-corrected chi connectivity index (χ1v) is 7.25. The fraction of sp³-hybridized carbons (Fsp3) is 0.733. The maximum Gasteiger partial charge on any atom is 0.309 e. The van der Waals surface area contributed by atoms with E-state index in [0.717, 1.165) is 13.1 Å². The van der Waals surface area contributed by atoms with Crippen LogP contribution in [0.5, 0.6) is 0 Å². The van der Waals surface area contributed by atoms with Gasteiger partial charge in [0.2, 0.25) is 0 Å². The number of halogens is 2. The molecule has 0 spiro atoms. The van der Waals surface area contributed by atoms with Gasteiger partial charge in [0, 0.05) is 18.7 Å². The zero-order chi connectivity index (χ0) is 15.9. The highest BCUT2D eigenvalue weighted by Gasteiger charge is 2.53. The lowest BCUT2D eigenvalue weighted by atomic mass is 9.57. The maximum atomic E-state index is 13.8. The summed E-state index contributed by atoms with van der Waals surface area (Å²) < 4.78 is 27.6. The lowest BCUT2D eigenvalue weighted by molar-refractivity contribution is -0.156. The minimum absolute atomic E-state index is 0.206. The third kappa shape index (κ3) is 2.80. The van der Waals surface area contributed by atoms with Crippen molar-refractivity contribution >= 4 is 12.2 Å². The summed E-state index contributed by atoms with van der Waals surface area (Å²) in [6.07, 6.45) is 4.28. The normalized spacial score (nSPS) is 33.3. The average molecular weight is 300 g/mol. The second-order valence-electron chi connectivity index (χ2n) is 6.58. The Bertz CT molecular complexity index is 470. The number of rotatable bonds is 5. The topological polar surface area (TPSA) is 73.2 Å². The molecule has 4 nitrogen and oxygen atoms in total. The fourth-order valence-corrected chi connectivity index (χ4v) is 3.59. The van der Waals surface area contributed by atoms with E-state index in [9.17, 15) is 18.7 Å². The van der Waals surface area contributed by atoms with Crippen LogP contribution in [0.15, 0.2) is 11.3 Å². The second-order valence-corrected chi connectivity index (χ2v) is 6.58. The summed E-state index contributed by atoms with van der Waals surface area (Å²) in [5, 5.41) is 19.6. The van der Waals surface area contributed by atoms with E-state index in [1.807, 2.05) is 0 Å². The van der Waals surface area contributed by atoms with E-state index in [-0.39, 0.29) is 11.3 Å². The molecule has 0 unspecified atom stereocenters. The van der Waals surface area contributed by atoms with Crippen LogP contribution in [0.2, 0.25) is 0 Å². The Morgan fingerprint density at radius 1 is 1.24 bits per heavy atom. The highest BCUT2D eigenvalue weighted by Crippen LogP contribution is 2.53. The van der Waals surface area contributed by atoms with Gasteiger partial charge in [-0.15, -0.1) is 0 Å². The van der Waals surface area contributed by atoms with E-state index in [2.05, 4.69) is 5.32 Å². The van der Waals surface area contributed by atoms with E-state index in [1.165, 1.54) is 6.92 Å². The summed E-state index contributed by atoms with van der Waals surface area (Å²) in [7, 11) is 0. The van der Waals surface area contributed by atoms with Crippen LogP contribution in [0.25, 0.3) is 0 Å². The smallest absolute Gasteiger partial charge is 0.309 e. The highest BCUT2D eigenvalue weighted by molar-refractivity contribution is 5.76. The SMILES string of the molecule is C/C(C=N)=C(/NC12CCC(C(=O)O)(CC1)CC2)C(C)(F)F. The molecule has 0 atom stereocenters. The van der Waals surface area contributed by atoms with Crippen molar-refractivity contribution in [2.24, 2.45) is 5.41 Å². The summed E-state index contributed by atoms with van der Waals surface area (Å²) in [6.45, 7) is 2.32. The van der Waals surface area contributed by atoms with E-state index < -0.39 is 22.8 Å². The van der Waals surface area contributed by atoms with Crippen LogP contribution in [-0.2, 0) is 4.79 Å². The van der Waals surface area contributed by atoms with Crippen molar-refractivity contribution in [3.8, 4) is 0 Å². The predicted octanol–water partition coefficient (Wildman–Crippen LogP) is 3.33. The molecular formula is C15H22F2N2O2. The molecule has 0 amide bonds. The molecule has 6 heteroatoms. The fourth-order valence-electron chi connectivity index (χ4n) is 3.59. The summed E-state index contributed by atoms with van der Waals surface area (Å²) in [4.78, 5) is 11.4. The molecule has 3 aliphatic rings. The van der Waals surface area contributed by atoms with Gasteiger partial charge in [-0.05, 0) is 51.0 Å². The van der Waals surface area contributed by atoms with Gasteiger partial charge in [0.15, 0.2) is 0 Å². The van der Waals surface area contributed by atoms with Gasteiger partial charge in [-0.3, -0.25) is 4.79 Å². The third-order valence-corrected chi connectivity index (χ3v) is 5.14. The number of allylic oxidation sites excluding steroid dienone is 2. The number of carboxylic acids is 1. The molecule has 3 saturated carbocycles. The number of carbonyl (C=O) groups is 1. The quantitative estimate of drug-likeness (QED) is 0.682. The monoisotopic (exact) mass is 300 g/mol. The first kappa shape index (κ1) is 15.9. The summed E-state index contributed by atoms with van der Waals surface area (Å²) in [6, 6.07) is 0. The molecule has 2 bridgehead atoms. The Morgan fingerprint density at radius 2 is 1.71 bits per heavy atom. The van der Waals surface area contributed by atoms with Crippen LogP contribution in [0.4, 0.5) is 8.78 Å². The van der Waals surface area contributed by atoms with Crippen LogP contribution in [0.3, 0.4) is 0 Å².